The maximum absolute atomic E-state index is 9.62. The van der Waals surface area contributed by atoms with E-state index in [-0.39, 0.29) is 0 Å². The van der Waals surface area contributed by atoms with Gasteiger partial charge in [0.25, 0.3) is 0 Å². The monoisotopic (exact) mass is 257 g/mol. The van der Waals surface area contributed by atoms with Crippen LogP contribution in [0.2, 0.25) is 0 Å². The Balaban J connectivity index is 1.93. The molecule has 3 rings (SSSR count). The Morgan fingerprint density at radius 3 is 3.11 bits per heavy atom. The van der Waals surface area contributed by atoms with Gasteiger partial charge in [-0.15, -0.1) is 0 Å². The van der Waals surface area contributed by atoms with Crippen molar-refractivity contribution >= 4 is 0 Å². The van der Waals surface area contributed by atoms with Crippen LogP contribution < -0.4 is 5.32 Å². The predicted molar refractivity (Wildman–Crippen MR) is 75.0 cm³/mol. The number of aryl methyl sites for hydroxylation is 1. The number of hydrogen-bond donors (Lipinski definition) is 2. The van der Waals surface area contributed by atoms with Crippen molar-refractivity contribution in [2.75, 3.05) is 13.1 Å². The van der Waals surface area contributed by atoms with Gasteiger partial charge in [-0.3, -0.25) is 4.68 Å². The van der Waals surface area contributed by atoms with Crippen LogP contribution in [-0.2, 0) is 13.5 Å². The van der Waals surface area contributed by atoms with E-state index in [1.54, 1.807) is 12.1 Å². The molecule has 1 aromatic carbocycles. The summed E-state index contributed by atoms with van der Waals surface area (Å²) in [7, 11) is 1.99. The molecular formula is C15H19N3O. The fraction of sp³-hybridized carbons (Fsp3) is 0.400. The Morgan fingerprint density at radius 1 is 1.47 bits per heavy atom. The summed E-state index contributed by atoms with van der Waals surface area (Å²) in [4.78, 5) is 0. The molecular weight excluding hydrogens is 238 g/mol. The minimum Gasteiger partial charge on any atom is -0.508 e. The third-order valence-electron chi connectivity index (χ3n) is 3.86. The predicted octanol–water partition coefficient (Wildman–Crippen LogP) is 1.94. The minimum absolute atomic E-state index is 0.301. The molecule has 19 heavy (non-hydrogen) atoms. The van der Waals surface area contributed by atoms with E-state index in [9.17, 15) is 5.11 Å². The third kappa shape index (κ3) is 2.49. The fourth-order valence-corrected chi connectivity index (χ4v) is 2.78. The average molecular weight is 257 g/mol. The number of nitrogens with one attached hydrogen (secondary N) is 1. The molecule has 100 valence electrons. The normalized spacial score (nSPS) is 18.9. The first kappa shape index (κ1) is 12.2. The molecule has 0 aliphatic carbocycles. The Labute approximate surface area is 113 Å². The van der Waals surface area contributed by atoms with Crippen LogP contribution in [0, 0.1) is 5.92 Å². The van der Waals surface area contributed by atoms with Crippen molar-refractivity contribution in [1.29, 1.82) is 0 Å². The largest absolute Gasteiger partial charge is 0.508 e. The van der Waals surface area contributed by atoms with Crippen LogP contribution in [0.3, 0.4) is 0 Å². The second kappa shape index (κ2) is 5.05. The zero-order valence-electron chi connectivity index (χ0n) is 11.1. The summed E-state index contributed by atoms with van der Waals surface area (Å²) in [6, 6.07) is 7.39. The molecule has 0 saturated carbocycles. The summed E-state index contributed by atoms with van der Waals surface area (Å²) in [6.07, 6.45) is 4.16. The van der Waals surface area contributed by atoms with E-state index in [1.807, 2.05) is 30.1 Å². The van der Waals surface area contributed by atoms with Crippen LogP contribution in [0.1, 0.15) is 12.1 Å². The van der Waals surface area contributed by atoms with Gasteiger partial charge in [0.05, 0.1) is 6.20 Å². The van der Waals surface area contributed by atoms with Crippen LogP contribution in [0.5, 0.6) is 5.75 Å². The quantitative estimate of drug-likeness (QED) is 0.883. The minimum atomic E-state index is 0.301. The molecule has 0 spiro atoms. The maximum atomic E-state index is 9.62. The smallest absolute Gasteiger partial charge is 0.116 e. The summed E-state index contributed by atoms with van der Waals surface area (Å²) >= 11 is 0. The lowest BCUT2D eigenvalue weighted by atomic mass is 9.97. The van der Waals surface area contributed by atoms with E-state index in [0.717, 1.165) is 30.6 Å². The first-order valence-corrected chi connectivity index (χ1v) is 6.75. The molecule has 0 amide bonds. The third-order valence-corrected chi connectivity index (χ3v) is 3.86. The van der Waals surface area contributed by atoms with Crippen molar-refractivity contribution in [3.63, 3.8) is 0 Å². The van der Waals surface area contributed by atoms with Gasteiger partial charge in [-0.25, -0.2) is 0 Å². The zero-order valence-corrected chi connectivity index (χ0v) is 11.1. The van der Waals surface area contributed by atoms with Crippen LogP contribution >= 0.6 is 0 Å². The van der Waals surface area contributed by atoms with Gasteiger partial charge in [0.2, 0.25) is 0 Å². The lowest BCUT2D eigenvalue weighted by Gasteiger charge is -2.11. The molecule has 1 fully saturated rings. The number of phenols is 1. The molecule has 0 bridgehead atoms. The van der Waals surface area contributed by atoms with Crippen LogP contribution in [0.4, 0.5) is 0 Å². The topological polar surface area (TPSA) is 50.1 Å². The van der Waals surface area contributed by atoms with Gasteiger partial charge in [-0.1, -0.05) is 12.1 Å². The van der Waals surface area contributed by atoms with E-state index in [4.69, 9.17) is 0 Å². The molecule has 1 unspecified atom stereocenters. The molecule has 1 aliphatic rings. The van der Waals surface area contributed by atoms with Gasteiger partial charge in [0, 0.05) is 18.3 Å². The Kier molecular flexibility index (Phi) is 3.25. The molecule has 4 nitrogen and oxygen atoms in total. The number of nitrogens with zero attached hydrogens (tertiary/aromatic N) is 2. The number of phenolic OH excluding ortho intramolecular Hbond substituents is 1. The van der Waals surface area contributed by atoms with Gasteiger partial charge < -0.3 is 10.4 Å². The Hall–Kier alpha value is -1.81. The van der Waals surface area contributed by atoms with Crippen LogP contribution in [0.15, 0.2) is 30.5 Å². The molecule has 1 aliphatic heterocycles. The van der Waals surface area contributed by atoms with E-state index >= 15 is 0 Å². The second-order valence-electron chi connectivity index (χ2n) is 5.24. The van der Waals surface area contributed by atoms with Gasteiger partial charge >= 0.3 is 0 Å². The molecule has 4 heteroatoms. The SMILES string of the molecule is Cn1ncc(-c2cccc(O)c2)c1CC1CCNC1. The Bertz CT molecular complexity index is 571. The molecule has 1 aromatic heterocycles. The summed E-state index contributed by atoms with van der Waals surface area (Å²) in [5.41, 5.74) is 3.42. The number of aromatic nitrogens is 2. The molecule has 0 radical (unpaired) electrons. The molecule has 2 heterocycles. The second-order valence-corrected chi connectivity index (χ2v) is 5.24. The van der Waals surface area contributed by atoms with E-state index in [0.29, 0.717) is 11.7 Å². The van der Waals surface area contributed by atoms with Crippen molar-refractivity contribution in [2.24, 2.45) is 13.0 Å². The maximum Gasteiger partial charge on any atom is 0.116 e. The van der Waals surface area contributed by atoms with Gasteiger partial charge in [-0.05, 0) is 49.5 Å². The number of aromatic hydroxyl groups is 1. The van der Waals surface area contributed by atoms with Crippen LogP contribution in [0.25, 0.3) is 11.1 Å². The van der Waals surface area contributed by atoms with Crippen molar-refractivity contribution in [3.05, 3.63) is 36.2 Å². The number of hydrogen-bond acceptors (Lipinski definition) is 3. The molecule has 2 N–H and O–H groups in total. The summed E-state index contributed by atoms with van der Waals surface area (Å²) in [5, 5.41) is 17.4. The van der Waals surface area contributed by atoms with Gasteiger partial charge in [0.1, 0.15) is 5.75 Å². The van der Waals surface area contributed by atoms with Crippen LogP contribution in [-0.4, -0.2) is 28.0 Å². The number of rotatable bonds is 3. The molecule has 1 atom stereocenters. The van der Waals surface area contributed by atoms with Crippen molar-refractivity contribution in [2.45, 2.75) is 12.8 Å². The van der Waals surface area contributed by atoms with Crippen molar-refractivity contribution in [1.82, 2.24) is 15.1 Å². The standard InChI is InChI=1S/C15H19N3O/c1-18-15(7-11-5-6-16-9-11)14(10-17-18)12-3-2-4-13(19)8-12/h2-4,8,10-11,16,19H,5-7,9H2,1H3. The Morgan fingerprint density at radius 2 is 2.37 bits per heavy atom. The zero-order chi connectivity index (χ0) is 13.2. The van der Waals surface area contributed by atoms with Crippen molar-refractivity contribution in [3.8, 4) is 16.9 Å². The highest BCUT2D eigenvalue weighted by Gasteiger charge is 2.19. The molecule has 1 saturated heterocycles. The summed E-state index contributed by atoms with van der Waals surface area (Å²) in [5.74, 6) is 0.987. The van der Waals surface area contributed by atoms with E-state index < -0.39 is 0 Å². The van der Waals surface area contributed by atoms with Gasteiger partial charge in [0.15, 0.2) is 0 Å². The lowest BCUT2D eigenvalue weighted by Crippen LogP contribution is -2.13. The molecule has 2 aromatic rings. The highest BCUT2D eigenvalue weighted by molar-refractivity contribution is 5.66. The summed E-state index contributed by atoms with van der Waals surface area (Å²) < 4.78 is 1.96. The number of benzene rings is 1. The first-order valence-electron chi connectivity index (χ1n) is 6.75. The first-order chi connectivity index (χ1) is 9.24. The highest BCUT2D eigenvalue weighted by atomic mass is 16.3. The fourth-order valence-electron chi connectivity index (χ4n) is 2.78. The highest BCUT2D eigenvalue weighted by Crippen LogP contribution is 2.28. The van der Waals surface area contributed by atoms with Crippen molar-refractivity contribution < 1.29 is 5.11 Å². The lowest BCUT2D eigenvalue weighted by molar-refractivity contribution is 0.475. The average Bonchev–Trinajstić information content (AvgIpc) is 3.01. The van der Waals surface area contributed by atoms with Gasteiger partial charge in [-0.2, -0.15) is 5.10 Å². The summed E-state index contributed by atoms with van der Waals surface area (Å²) in [6.45, 7) is 2.20. The van der Waals surface area contributed by atoms with E-state index in [1.165, 1.54) is 12.1 Å². The van der Waals surface area contributed by atoms with E-state index in [2.05, 4.69) is 10.4 Å².